The van der Waals surface area contributed by atoms with E-state index in [2.05, 4.69) is 25.3 Å². The maximum Gasteiger partial charge on any atom is 0.161 e. The van der Waals surface area contributed by atoms with Crippen LogP contribution in [0.25, 0.3) is 0 Å². The number of hydrogen-bond acceptors (Lipinski definition) is 4. The number of hydrogen-bond donors (Lipinski definition) is 2. The second-order valence-corrected chi connectivity index (χ2v) is 4.70. The number of likely N-dealkylation sites (N-methyl/N-ethyl adjacent to an activating group) is 1. The Morgan fingerprint density at radius 2 is 2.05 bits per heavy atom. The van der Waals surface area contributed by atoms with E-state index >= 15 is 0 Å². The number of phenolic OH excluding ortho intramolecular Hbond substituents is 1. The Hall–Kier alpha value is -1.52. The fourth-order valence-corrected chi connectivity index (χ4v) is 2.51. The van der Waals surface area contributed by atoms with E-state index in [0.29, 0.717) is 18.7 Å². The third-order valence-corrected chi connectivity index (χ3v) is 3.62. The van der Waals surface area contributed by atoms with E-state index in [0.717, 1.165) is 24.2 Å². The van der Waals surface area contributed by atoms with E-state index in [9.17, 15) is 5.11 Å². The monoisotopic (exact) mass is 278 g/mol. The fourth-order valence-electron chi connectivity index (χ4n) is 2.51. The average Bonchev–Trinajstić information content (AvgIpc) is 2.47. The van der Waals surface area contributed by atoms with Crippen molar-refractivity contribution in [2.24, 2.45) is 5.73 Å². The molecule has 0 fully saturated rings. The van der Waals surface area contributed by atoms with Gasteiger partial charge in [-0.25, -0.2) is 0 Å². The standard InChI is InChI=1S/C16H26N2O2/c1-5-8-12-9-13(10-15(20-4)16(12)19)14(11-17)18(6-2)7-3/h5,9-10,14,19H,1,6-8,11,17H2,2-4H3. The van der Waals surface area contributed by atoms with Crippen LogP contribution in [0.2, 0.25) is 0 Å². The van der Waals surface area contributed by atoms with Crippen LogP contribution in [0.15, 0.2) is 24.8 Å². The molecule has 0 aliphatic carbocycles. The minimum atomic E-state index is 0.128. The van der Waals surface area contributed by atoms with Crippen molar-refractivity contribution in [3.63, 3.8) is 0 Å². The van der Waals surface area contributed by atoms with Crippen LogP contribution in [0.5, 0.6) is 11.5 Å². The minimum Gasteiger partial charge on any atom is -0.504 e. The highest BCUT2D eigenvalue weighted by Gasteiger charge is 2.19. The molecule has 0 radical (unpaired) electrons. The van der Waals surface area contributed by atoms with Gasteiger partial charge in [-0.2, -0.15) is 0 Å². The number of rotatable bonds is 8. The first-order valence-electron chi connectivity index (χ1n) is 7.07. The summed E-state index contributed by atoms with van der Waals surface area (Å²) < 4.78 is 5.27. The van der Waals surface area contributed by atoms with Crippen LogP contribution in [-0.4, -0.2) is 36.8 Å². The van der Waals surface area contributed by atoms with Crippen LogP contribution in [0.4, 0.5) is 0 Å². The van der Waals surface area contributed by atoms with Crippen molar-refractivity contribution in [3.8, 4) is 11.5 Å². The van der Waals surface area contributed by atoms with Crippen molar-refractivity contribution < 1.29 is 9.84 Å². The van der Waals surface area contributed by atoms with Crippen molar-refractivity contribution in [2.75, 3.05) is 26.7 Å². The van der Waals surface area contributed by atoms with Gasteiger partial charge in [0.25, 0.3) is 0 Å². The number of methoxy groups -OCH3 is 1. The van der Waals surface area contributed by atoms with Gasteiger partial charge in [0, 0.05) is 18.2 Å². The summed E-state index contributed by atoms with van der Waals surface area (Å²) >= 11 is 0. The number of benzene rings is 1. The van der Waals surface area contributed by atoms with Gasteiger partial charge < -0.3 is 15.6 Å². The summed E-state index contributed by atoms with van der Waals surface area (Å²) in [5.41, 5.74) is 7.84. The van der Waals surface area contributed by atoms with Crippen LogP contribution in [0.1, 0.15) is 31.0 Å². The first-order valence-corrected chi connectivity index (χ1v) is 7.07. The quantitative estimate of drug-likeness (QED) is 0.717. The van der Waals surface area contributed by atoms with E-state index in [-0.39, 0.29) is 11.8 Å². The molecule has 1 aromatic carbocycles. The number of phenols is 1. The molecule has 4 nitrogen and oxygen atoms in total. The third-order valence-electron chi connectivity index (χ3n) is 3.62. The van der Waals surface area contributed by atoms with Gasteiger partial charge in [-0.3, -0.25) is 4.90 Å². The Kier molecular flexibility index (Phi) is 6.55. The van der Waals surface area contributed by atoms with E-state index in [4.69, 9.17) is 10.5 Å². The van der Waals surface area contributed by atoms with E-state index in [1.165, 1.54) is 0 Å². The summed E-state index contributed by atoms with van der Waals surface area (Å²) in [4.78, 5) is 2.30. The predicted molar refractivity (Wildman–Crippen MR) is 83.3 cm³/mol. The van der Waals surface area contributed by atoms with Crippen LogP contribution >= 0.6 is 0 Å². The summed E-state index contributed by atoms with van der Waals surface area (Å²) in [6, 6.07) is 4.00. The fraction of sp³-hybridized carbons (Fsp3) is 0.500. The summed E-state index contributed by atoms with van der Waals surface area (Å²) in [6.45, 7) is 10.4. The Morgan fingerprint density at radius 1 is 1.40 bits per heavy atom. The Balaban J connectivity index is 3.27. The largest absolute Gasteiger partial charge is 0.504 e. The summed E-state index contributed by atoms with van der Waals surface area (Å²) in [5.74, 6) is 0.677. The van der Waals surface area contributed by atoms with Gasteiger partial charge in [-0.15, -0.1) is 6.58 Å². The van der Waals surface area contributed by atoms with Gasteiger partial charge in [-0.05, 0) is 37.2 Å². The first-order chi connectivity index (χ1) is 9.62. The van der Waals surface area contributed by atoms with Crippen molar-refractivity contribution in [1.82, 2.24) is 4.90 Å². The maximum atomic E-state index is 10.1. The summed E-state index contributed by atoms with van der Waals surface area (Å²) in [5, 5.41) is 10.1. The van der Waals surface area contributed by atoms with Gasteiger partial charge in [-0.1, -0.05) is 19.9 Å². The molecule has 0 spiro atoms. The Morgan fingerprint density at radius 3 is 2.50 bits per heavy atom. The number of aromatic hydroxyl groups is 1. The topological polar surface area (TPSA) is 58.7 Å². The molecular weight excluding hydrogens is 252 g/mol. The van der Waals surface area contributed by atoms with Gasteiger partial charge in [0.15, 0.2) is 11.5 Å². The molecule has 0 aliphatic rings. The highest BCUT2D eigenvalue weighted by Crippen LogP contribution is 2.35. The van der Waals surface area contributed by atoms with Crippen LogP contribution < -0.4 is 10.5 Å². The molecule has 0 aliphatic heterocycles. The van der Waals surface area contributed by atoms with Crippen molar-refractivity contribution in [2.45, 2.75) is 26.3 Å². The molecule has 3 N–H and O–H groups in total. The smallest absolute Gasteiger partial charge is 0.161 e. The molecule has 0 bridgehead atoms. The Labute approximate surface area is 121 Å². The SMILES string of the molecule is C=CCc1cc(C(CN)N(CC)CC)cc(OC)c1O. The number of nitrogens with zero attached hydrogens (tertiary/aromatic N) is 1. The minimum absolute atomic E-state index is 0.128. The molecule has 0 amide bonds. The van der Waals surface area contributed by atoms with E-state index < -0.39 is 0 Å². The molecule has 0 saturated carbocycles. The molecule has 1 atom stereocenters. The Bertz CT molecular complexity index is 442. The molecule has 0 aromatic heterocycles. The number of nitrogens with two attached hydrogens (primary N) is 1. The second kappa shape index (κ2) is 7.92. The van der Waals surface area contributed by atoms with Gasteiger partial charge in [0.1, 0.15) is 0 Å². The lowest BCUT2D eigenvalue weighted by molar-refractivity contribution is 0.223. The van der Waals surface area contributed by atoms with Gasteiger partial charge in [0.05, 0.1) is 7.11 Å². The zero-order valence-corrected chi connectivity index (χ0v) is 12.7. The highest BCUT2D eigenvalue weighted by molar-refractivity contribution is 5.50. The molecule has 0 saturated heterocycles. The van der Waals surface area contributed by atoms with Crippen molar-refractivity contribution in [3.05, 3.63) is 35.9 Å². The molecule has 0 heterocycles. The molecule has 1 aromatic rings. The zero-order valence-electron chi connectivity index (χ0n) is 12.7. The zero-order chi connectivity index (χ0) is 15.1. The predicted octanol–water partition coefficient (Wildman–Crippen LogP) is 2.47. The lowest BCUT2D eigenvalue weighted by Crippen LogP contribution is -2.33. The van der Waals surface area contributed by atoms with Gasteiger partial charge in [0.2, 0.25) is 0 Å². The maximum absolute atomic E-state index is 10.1. The average molecular weight is 278 g/mol. The summed E-state index contributed by atoms with van der Waals surface area (Å²) in [6.07, 6.45) is 2.37. The number of ether oxygens (including phenoxy) is 1. The van der Waals surface area contributed by atoms with E-state index in [1.54, 1.807) is 13.2 Å². The summed E-state index contributed by atoms with van der Waals surface area (Å²) in [7, 11) is 1.56. The molecule has 20 heavy (non-hydrogen) atoms. The third kappa shape index (κ3) is 3.52. The van der Waals surface area contributed by atoms with Crippen LogP contribution in [-0.2, 0) is 6.42 Å². The lowest BCUT2D eigenvalue weighted by atomic mass is 9.99. The second-order valence-electron chi connectivity index (χ2n) is 4.70. The highest BCUT2D eigenvalue weighted by atomic mass is 16.5. The van der Waals surface area contributed by atoms with Crippen molar-refractivity contribution in [1.29, 1.82) is 0 Å². The van der Waals surface area contributed by atoms with E-state index in [1.807, 2.05) is 12.1 Å². The molecular formula is C16H26N2O2. The normalized spacial score (nSPS) is 12.4. The molecule has 112 valence electrons. The molecule has 1 rings (SSSR count). The first kappa shape index (κ1) is 16.5. The molecule has 4 heteroatoms. The molecule has 1 unspecified atom stereocenters. The number of allylic oxidation sites excluding steroid dienone is 1. The van der Waals surface area contributed by atoms with Crippen LogP contribution in [0, 0.1) is 0 Å². The van der Waals surface area contributed by atoms with Crippen LogP contribution in [0.3, 0.4) is 0 Å². The van der Waals surface area contributed by atoms with Gasteiger partial charge >= 0.3 is 0 Å². The van der Waals surface area contributed by atoms with Crippen molar-refractivity contribution >= 4 is 0 Å². The lowest BCUT2D eigenvalue weighted by Gasteiger charge is -2.29.